The molecular formula is C10H16N2. The van der Waals surface area contributed by atoms with Gasteiger partial charge in [0.1, 0.15) is 5.84 Å². The van der Waals surface area contributed by atoms with Crippen LogP contribution in [0.15, 0.2) is 4.99 Å². The van der Waals surface area contributed by atoms with E-state index in [9.17, 15) is 0 Å². The molecule has 2 heteroatoms. The third-order valence-corrected chi connectivity index (χ3v) is 3.59. The molecule has 2 unspecified atom stereocenters. The molecule has 2 bridgehead atoms. The summed E-state index contributed by atoms with van der Waals surface area (Å²) in [6.45, 7) is 2.38. The number of aliphatic imine (C=N–C) groups is 1. The van der Waals surface area contributed by atoms with Gasteiger partial charge in [-0.25, -0.2) is 0 Å². The summed E-state index contributed by atoms with van der Waals surface area (Å²) in [5.74, 6) is 2.33. The highest BCUT2D eigenvalue weighted by Gasteiger charge is 2.42. The van der Waals surface area contributed by atoms with E-state index < -0.39 is 0 Å². The van der Waals surface area contributed by atoms with Crippen LogP contribution in [0.4, 0.5) is 0 Å². The first-order chi connectivity index (χ1) is 5.95. The summed E-state index contributed by atoms with van der Waals surface area (Å²) in [4.78, 5) is 7.31. The first-order valence-electron chi connectivity index (χ1n) is 5.26. The summed E-state index contributed by atoms with van der Waals surface area (Å²) < 4.78 is 0. The lowest BCUT2D eigenvalue weighted by Crippen LogP contribution is -2.36. The number of hydrogen-bond donors (Lipinski definition) is 0. The van der Waals surface area contributed by atoms with Gasteiger partial charge in [0.25, 0.3) is 0 Å². The summed E-state index contributed by atoms with van der Waals surface area (Å²) >= 11 is 0. The van der Waals surface area contributed by atoms with E-state index >= 15 is 0 Å². The van der Waals surface area contributed by atoms with Crippen molar-refractivity contribution in [3.63, 3.8) is 0 Å². The number of fused-ring (bicyclic) bond motifs is 5. The lowest BCUT2D eigenvalue weighted by molar-refractivity contribution is 0.327. The Morgan fingerprint density at radius 1 is 1.25 bits per heavy atom. The van der Waals surface area contributed by atoms with E-state index in [1.54, 1.807) is 0 Å². The van der Waals surface area contributed by atoms with Gasteiger partial charge in [0.05, 0.1) is 0 Å². The molecule has 1 saturated carbocycles. The fourth-order valence-electron chi connectivity index (χ4n) is 3.00. The molecule has 2 fully saturated rings. The molecule has 0 spiro atoms. The molecule has 0 amide bonds. The van der Waals surface area contributed by atoms with Gasteiger partial charge >= 0.3 is 0 Å². The van der Waals surface area contributed by atoms with E-state index in [0.717, 1.165) is 18.5 Å². The van der Waals surface area contributed by atoms with E-state index in [-0.39, 0.29) is 0 Å². The molecule has 66 valence electrons. The van der Waals surface area contributed by atoms with Crippen LogP contribution >= 0.6 is 0 Å². The van der Waals surface area contributed by atoms with Crippen molar-refractivity contribution < 1.29 is 0 Å². The second kappa shape index (κ2) is 2.48. The monoisotopic (exact) mass is 164 g/mol. The maximum atomic E-state index is 4.71. The Balaban J connectivity index is 1.92. The predicted octanol–water partition coefficient (Wildman–Crippen LogP) is 1.66. The minimum Gasteiger partial charge on any atom is -0.357 e. The normalized spacial score (nSPS) is 39.3. The van der Waals surface area contributed by atoms with Gasteiger partial charge in [0, 0.05) is 25.0 Å². The number of rotatable bonds is 0. The molecule has 0 aromatic rings. The zero-order valence-corrected chi connectivity index (χ0v) is 7.50. The van der Waals surface area contributed by atoms with Crippen LogP contribution in [0.25, 0.3) is 0 Å². The SMILES string of the molecule is C1CCN2C(=NC1)C1CCC2C1. The highest BCUT2D eigenvalue weighted by Crippen LogP contribution is 2.39. The molecular weight excluding hydrogens is 148 g/mol. The van der Waals surface area contributed by atoms with Crippen LogP contribution in [0.2, 0.25) is 0 Å². The highest BCUT2D eigenvalue weighted by atomic mass is 15.3. The Kier molecular flexibility index (Phi) is 1.43. The average molecular weight is 164 g/mol. The molecule has 3 aliphatic rings. The predicted molar refractivity (Wildman–Crippen MR) is 49.4 cm³/mol. The van der Waals surface area contributed by atoms with E-state index in [1.165, 1.54) is 44.5 Å². The highest BCUT2D eigenvalue weighted by molar-refractivity contribution is 5.88. The maximum Gasteiger partial charge on any atom is 0.102 e. The van der Waals surface area contributed by atoms with Crippen molar-refractivity contribution in [1.82, 2.24) is 4.90 Å². The summed E-state index contributed by atoms with van der Waals surface area (Å²) in [7, 11) is 0. The van der Waals surface area contributed by atoms with Gasteiger partial charge in [-0.3, -0.25) is 4.99 Å². The molecule has 12 heavy (non-hydrogen) atoms. The third kappa shape index (κ3) is 0.838. The molecule has 2 aliphatic heterocycles. The third-order valence-electron chi connectivity index (χ3n) is 3.59. The van der Waals surface area contributed by atoms with Crippen molar-refractivity contribution in [2.45, 2.75) is 38.1 Å². The molecule has 1 saturated heterocycles. The Bertz CT molecular complexity index is 222. The van der Waals surface area contributed by atoms with E-state index in [1.807, 2.05) is 0 Å². The zero-order chi connectivity index (χ0) is 7.97. The van der Waals surface area contributed by atoms with Crippen LogP contribution in [0.3, 0.4) is 0 Å². The van der Waals surface area contributed by atoms with Crippen molar-refractivity contribution in [2.75, 3.05) is 13.1 Å². The Morgan fingerprint density at radius 3 is 3.25 bits per heavy atom. The minimum absolute atomic E-state index is 0.855. The average Bonchev–Trinajstić information content (AvgIpc) is 2.58. The largest absolute Gasteiger partial charge is 0.357 e. The molecule has 0 N–H and O–H groups in total. The molecule has 0 aromatic carbocycles. The van der Waals surface area contributed by atoms with Crippen molar-refractivity contribution in [3.05, 3.63) is 0 Å². The van der Waals surface area contributed by atoms with E-state index in [2.05, 4.69) is 4.90 Å². The van der Waals surface area contributed by atoms with Crippen molar-refractivity contribution in [1.29, 1.82) is 0 Å². The van der Waals surface area contributed by atoms with Gasteiger partial charge < -0.3 is 4.90 Å². The van der Waals surface area contributed by atoms with E-state index in [0.29, 0.717) is 0 Å². The van der Waals surface area contributed by atoms with Crippen LogP contribution in [-0.2, 0) is 0 Å². The van der Waals surface area contributed by atoms with Gasteiger partial charge in [0.15, 0.2) is 0 Å². The second-order valence-electron chi connectivity index (χ2n) is 4.30. The fraction of sp³-hybridized carbons (Fsp3) is 0.900. The summed E-state index contributed by atoms with van der Waals surface area (Å²) in [6, 6.07) is 0.881. The quantitative estimate of drug-likeness (QED) is 0.531. The van der Waals surface area contributed by atoms with Crippen LogP contribution in [0, 0.1) is 5.92 Å². The van der Waals surface area contributed by atoms with E-state index in [4.69, 9.17) is 4.99 Å². The summed E-state index contributed by atoms with van der Waals surface area (Å²) in [6.07, 6.45) is 6.93. The molecule has 3 rings (SSSR count). The Morgan fingerprint density at radius 2 is 2.25 bits per heavy atom. The number of amidine groups is 1. The smallest absolute Gasteiger partial charge is 0.102 e. The molecule has 2 atom stereocenters. The fourth-order valence-corrected chi connectivity index (χ4v) is 3.00. The Labute approximate surface area is 73.7 Å². The van der Waals surface area contributed by atoms with Crippen LogP contribution in [0.5, 0.6) is 0 Å². The second-order valence-corrected chi connectivity index (χ2v) is 4.30. The van der Waals surface area contributed by atoms with Crippen molar-refractivity contribution >= 4 is 5.84 Å². The van der Waals surface area contributed by atoms with Gasteiger partial charge in [-0.05, 0) is 32.1 Å². The van der Waals surface area contributed by atoms with Crippen molar-refractivity contribution in [3.8, 4) is 0 Å². The van der Waals surface area contributed by atoms with Gasteiger partial charge in [-0.15, -0.1) is 0 Å². The molecule has 2 heterocycles. The van der Waals surface area contributed by atoms with Gasteiger partial charge in [0.2, 0.25) is 0 Å². The number of nitrogens with zero attached hydrogens (tertiary/aromatic N) is 2. The first-order valence-corrected chi connectivity index (χ1v) is 5.26. The lowest BCUT2D eigenvalue weighted by Gasteiger charge is -2.28. The topological polar surface area (TPSA) is 15.6 Å². The summed E-state index contributed by atoms with van der Waals surface area (Å²) in [5, 5.41) is 0. The van der Waals surface area contributed by atoms with Crippen LogP contribution in [0.1, 0.15) is 32.1 Å². The molecule has 0 aromatic heterocycles. The number of piperidine rings is 1. The standard InChI is InChI=1S/C10H16N2/c1-2-6-12-9-4-3-8(7-9)10(12)11-5-1/h8-9H,1-7H2. The van der Waals surface area contributed by atoms with Crippen LogP contribution in [-0.4, -0.2) is 29.9 Å². The zero-order valence-electron chi connectivity index (χ0n) is 7.50. The van der Waals surface area contributed by atoms with Gasteiger partial charge in [-0.1, -0.05) is 0 Å². The van der Waals surface area contributed by atoms with Gasteiger partial charge in [-0.2, -0.15) is 0 Å². The Hall–Kier alpha value is -0.530. The molecule has 0 radical (unpaired) electrons. The summed E-state index contributed by atoms with van der Waals surface area (Å²) in [5.41, 5.74) is 0. The number of hydrogen-bond acceptors (Lipinski definition) is 2. The van der Waals surface area contributed by atoms with Crippen molar-refractivity contribution in [2.24, 2.45) is 10.9 Å². The lowest BCUT2D eigenvalue weighted by atomic mass is 10.1. The van der Waals surface area contributed by atoms with Crippen LogP contribution < -0.4 is 0 Å². The maximum absolute atomic E-state index is 4.71. The molecule has 2 nitrogen and oxygen atoms in total. The molecule has 1 aliphatic carbocycles. The minimum atomic E-state index is 0.855. The first kappa shape index (κ1) is 6.93.